The standard InChI is InChI=1S/C21H23N3O3S/c1-14(25)15-5-7-16(8-6-15)20(26)24(12-11-23(2)3)21-22-18-10-9-17(27-4)13-19(18)28-21/h5-10,13H,11-12H2,1-4H3. The normalized spacial score (nSPS) is 11.0. The molecule has 7 heteroatoms. The summed E-state index contributed by atoms with van der Waals surface area (Å²) in [5, 5.41) is 0.644. The molecule has 1 amide bonds. The van der Waals surface area contributed by atoms with E-state index in [1.54, 1.807) is 36.3 Å². The Hall–Kier alpha value is -2.77. The summed E-state index contributed by atoms with van der Waals surface area (Å²) in [4.78, 5) is 33.1. The third-order valence-corrected chi connectivity index (χ3v) is 5.41. The summed E-state index contributed by atoms with van der Waals surface area (Å²) in [7, 11) is 5.56. The van der Waals surface area contributed by atoms with Crippen LogP contribution in [0.2, 0.25) is 0 Å². The van der Waals surface area contributed by atoms with Gasteiger partial charge in [-0.2, -0.15) is 0 Å². The van der Waals surface area contributed by atoms with Gasteiger partial charge in [0.1, 0.15) is 5.75 Å². The van der Waals surface area contributed by atoms with Crippen molar-refractivity contribution in [2.24, 2.45) is 0 Å². The van der Waals surface area contributed by atoms with Gasteiger partial charge in [0, 0.05) is 24.2 Å². The molecular weight excluding hydrogens is 374 g/mol. The molecule has 0 saturated heterocycles. The Morgan fingerprint density at radius 3 is 2.32 bits per heavy atom. The van der Waals surface area contributed by atoms with E-state index in [-0.39, 0.29) is 11.7 Å². The first-order valence-electron chi connectivity index (χ1n) is 8.91. The van der Waals surface area contributed by atoms with E-state index < -0.39 is 0 Å². The van der Waals surface area contributed by atoms with Crippen molar-refractivity contribution in [1.29, 1.82) is 0 Å². The highest BCUT2D eigenvalue weighted by molar-refractivity contribution is 7.22. The number of methoxy groups -OCH3 is 1. The molecule has 0 aliphatic heterocycles. The molecule has 1 aromatic heterocycles. The zero-order valence-electron chi connectivity index (χ0n) is 16.4. The van der Waals surface area contributed by atoms with E-state index in [4.69, 9.17) is 4.74 Å². The lowest BCUT2D eigenvalue weighted by atomic mass is 10.1. The molecule has 146 valence electrons. The molecule has 0 spiro atoms. The number of ketones is 1. The van der Waals surface area contributed by atoms with E-state index in [2.05, 4.69) is 4.98 Å². The van der Waals surface area contributed by atoms with Crippen LogP contribution in [-0.2, 0) is 0 Å². The van der Waals surface area contributed by atoms with Crippen LogP contribution in [0.3, 0.4) is 0 Å². The molecule has 0 saturated carbocycles. The average Bonchev–Trinajstić information content (AvgIpc) is 3.10. The molecule has 0 N–H and O–H groups in total. The van der Waals surface area contributed by atoms with Gasteiger partial charge in [0.15, 0.2) is 10.9 Å². The van der Waals surface area contributed by atoms with Crippen LogP contribution >= 0.6 is 11.3 Å². The van der Waals surface area contributed by atoms with Gasteiger partial charge >= 0.3 is 0 Å². The van der Waals surface area contributed by atoms with Gasteiger partial charge in [-0.1, -0.05) is 23.5 Å². The number of carbonyl (C=O) groups is 2. The highest BCUT2D eigenvalue weighted by atomic mass is 32.1. The van der Waals surface area contributed by atoms with E-state index in [1.165, 1.54) is 18.3 Å². The molecule has 28 heavy (non-hydrogen) atoms. The average molecular weight is 398 g/mol. The number of rotatable bonds is 7. The van der Waals surface area contributed by atoms with Gasteiger partial charge in [-0.25, -0.2) is 4.98 Å². The van der Waals surface area contributed by atoms with Crippen molar-refractivity contribution >= 4 is 38.4 Å². The number of benzene rings is 2. The first kappa shape index (κ1) is 20.0. The van der Waals surface area contributed by atoms with E-state index in [1.807, 2.05) is 37.2 Å². The van der Waals surface area contributed by atoms with E-state index in [9.17, 15) is 9.59 Å². The van der Waals surface area contributed by atoms with Crippen LogP contribution in [0.4, 0.5) is 5.13 Å². The number of ether oxygens (including phenoxy) is 1. The van der Waals surface area contributed by atoms with Gasteiger partial charge in [-0.3, -0.25) is 14.5 Å². The summed E-state index contributed by atoms with van der Waals surface area (Å²) in [6, 6.07) is 12.4. The van der Waals surface area contributed by atoms with Crippen LogP contribution < -0.4 is 9.64 Å². The van der Waals surface area contributed by atoms with Crippen molar-refractivity contribution in [3.05, 3.63) is 53.6 Å². The van der Waals surface area contributed by atoms with Crippen LogP contribution in [0.15, 0.2) is 42.5 Å². The lowest BCUT2D eigenvalue weighted by Gasteiger charge is -2.22. The molecule has 6 nitrogen and oxygen atoms in total. The predicted molar refractivity (Wildman–Crippen MR) is 113 cm³/mol. The molecule has 0 atom stereocenters. The second-order valence-electron chi connectivity index (χ2n) is 6.72. The highest BCUT2D eigenvalue weighted by Gasteiger charge is 2.21. The molecule has 3 rings (SSSR count). The van der Waals surface area contributed by atoms with Crippen LogP contribution in [0.25, 0.3) is 10.2 Å². The van der Waals surface area contributed by atoms with Gasteiger partial charge in [-0.05, 0) is 51.4 Å². The third-order valence-electron chi connectivity index (χ3n) is 4.37. The quantitative estimate of drug-likeness (QED) is 0.569. The number of aromatic nitrogens is 1. The summed E-state index contributed by atoms with van der Waals surface area (Å²) in [6.07, 6.45) is 0. The molecule has 0 aliphatic carbocycles. The van der Waals surface area contributed by atoms with Gasteiger partial charge in [0.2, 0.25) is 0 Å². The summed E-state index contributed by atoms with van der Waals surface area (Å²) < 4.78 is 6.24. The van der Waals surface area contributed by atoms with Gasteiger partial charge < -0.3 is 9.64 Å². The Bertz CT molecular complexity index is 996. The minimum atomic E-state index is -0.136. The summed E-state index contributed by atoms with van der Waals surface area (Å²) in [5.74, 6) is 0.597. The summed E-state index contributed by atoms with van der Waals surface area (Å²) in [6.45, 7) is 2.73. The zero-order chi connectivity index (χ0) is 20.3. The molecule has 0 aliphatic rings. The third kappa shape index (κ3) is 4.37. The number of carbonyl (C=O) groups excluding carboxylic acids is 2. The minimum absolute atomic E-state index is 0.0245. The van der Waals surface area contributed by atoms with E-state index in [0.29, 0.717) is 29.3 Å². The number of Topliss-reactive ketones (excluding diaryl/α,β-unsaturated/α-hetero) is 1. The van der Waals surface area contributed by atoms with Crippen molar-refractivity contribution in [3.63, 3.8) is 0 Å². The number of thiazole rings is 1. The Kier molecular flexibility index (Phi) is 6.06. The topological polar surface area (TPSA) is 62.7 Å². The minimum Gasteiger partial charge on any atom is -0.497 e. The predicted octanol–water partition coefficient (Wildman–Crippen LogP) is 3.72. The molecule has 2 aromatic carbocycles. The van der Waals surface area contributed by atoms with Crippen LogP contribution in [0.1, 0.15) is 27.6 Å². The van der Waals surface area contributed by atoms with Gasteiger partial charge in [0.25, 0.3) is 5.91 Å². The largest absolute Gasteiger partial charge is 0.497 e. The number of nitrogens with zero attached hydrogens (tertiary/aromatic N) is 3. The maximum absolute atomic E-state index is 13.2. The number of likely N-dealkylation sites (N-methyl/N-ethyl adjacent to an activating group) is 1. The second-order valence-corrected chi connectivity index (χ2v) is 7.73. The monoisotopic (exact) mass is 397 g/mol. The highest BCUT2D eigenvalue weighted by Crippen LogP contribution is 2.32. The Morgan fingerprint density at radius 2 is 1.71 bits per heavy atom. The van der Waals surface area contributed by atoms with Crippen molar-refractivity contribution in [1.82, 2.24) is 9.88 Å². The number of hydrogen-bond acceptors (Lipinski definition) is 6. The van der Waals surface area contributed by atoms with Crippen molar-refractivity contribution < 1.29 is 14.3 Å². The van der Waals surface area contributed by atoms with Gasteiger partial charge in [-0.15, -0.1) is 0 Å². The lowest BCUT2D eigenvalue weighted by Crippen LogP contribution is -2.36. The number of fused-ring (bicyclic) bond motifs is 1. The first-order chi connectivity index (χ1) is 13.4. The molecule has 1 heterocycles. The fourth-order valence-electron chi connectivity index (χ4n) is 2.72. The Morgan fingerprint density at radius 1 is 1.04 bits per heavy atom. The van der Waals surface area contributed by atoms with E-state index >= 15 is 0 Å². The number of anilines is 1. The zero-order valence-corrected chi connectivity index (χ0v) is 17.2. The van der Waals surface area contributed by atoms with Crippen molar-refractivity contribution in [2.45, 2.75) is 6.92 Å². The first-order valence-corrected chi connectivity index (χ1v) is 9.73. The molecule has 0 radical (unpaired) electrons. The van der Waals surface area contributed by atoms with Gasteiger partial charge in [0.05, 0.1) is 17.3 Å². The molecule has 0 unspecified atom stereocenters. The summed E-state index contributed by atoms with van der Waals surface area (Å²) in [5.41, 5.74) is 1.94. The van der Waals surface area contributed by atoms with Crippen molar-refractivity contribution in [2.75, 3.05) is 39.2 Å². The van der Waals surface area contributed by atoms with Crippen LogP contribution in [0, 0.1) is 0 Å². The maximum Gasteiger partial charge on any atom is 0.260 e. The molecular formula is C21H23N3O3S. The Balaban J connectivity index is 1.95. The van der Waals surface area contributed by atoms with Crippen molar-refractivity contribution in [3.8, 4) is 5.75 Å². The van der Waals surface area contributed by atoms with E-state index in [0.717, 1.165) is 16.0 Å². The molecule has 0 bridgehead atoms. The Labute approximate surface area is 168 Å². The lowest BCUT2D eigenvalue weighted by molar-refractivity contribution is 0.0981. The fraction of sp³-hybridized carbons (Fsp3) is 0.286. The number of amides is 1. The molecule has 0 fully saturated rings. The second kappa shape index (κ2) is 8.50. The SMILES string of the molecule is COc1ccc2nc(N(CCN(C)C)C(=O)c3ccc(C(C)=O)cc3)sc2c1. The van der Waals surface area contributed by atoms with Crippen LogP contribution in [0.5, 0.6) is 5.75 Å². The molecule has 3 aromatic rings. The smallest absolute Gasteiger partial charge is 0.260 e. The van der Waals surface area contributed by atoms with Crippen LogP contribution in [-0.4, -0.2) is 55.9 Å². The number of hydrogen-bond donors (Lipinski definition) is 0. The maximum atomic E-state index is 13.2. The fourth-order valence-corrected chi connectivity index (χ4v) is 3.74. The summed E-state index contributed by atoms with van der Waals surface area (Å²) >= 11 is 1.46.